The lowest BCUT2D eigenvalue weighted by Gasteiger charge is -2.24. The van der Waals surface area contributed by atoms with Gasteiger partial charge in [-0.15, -0.1) is 0 Å². The second-order valence-electron chi connectivity index (χ2n) is 4.96. The van der Waals surface area contributed by atoms with Gasteiger partial charge in [0.25, 0.3) is 5.91 Å². The molecule has 0 saturated carbocycles. The van der Waals surface area contributed by atoms with Crippen LogP contribution in [0.15, 0.2) is 24.3 Å². The summed E-state index contributed by atoms with van der Waals surface area (Å²) < 4.78 is 5.68. The summed E-state index contributed by atoms with van der Waals surface area (Å²) in [5.74, 6) is 0.713. The molecule has 1 aromatic carbocycles. The van der Waals surface area contributed by atoms with Gasteiger partial charge in [-0.3, -0.25) is 4.79 Å². The van der Waals surface area contributed by atoms with Crippen LogP contribution in [-0.4, -0.2) is 30.0 Å². The highest BCUT2D eigenvalue weighted by atomic mass is 35.5. The number of benzene rings is 1. The topological polar surface area (TPSA) is 29.5 Å². The first-order valence-corrected chi connectivity index (χ1v) is 7.25. The average molecular weight is 282 g/mol. The number of carbonyl (C=O) groups is 1. The Kier molecular flexibility index (Phi) is 5.08. The molecular weight excluding hydrogens is 262 g/mol. The Morgan fingerprint density at radius 1 is 1.26 bits per heavy atom. The summed E-state index contributed by atoms with van der Waals surface area (Å²) in [6.45, 7) is 3.50. The van der Waals surface area contributed by atoms with Crippen LogP contribution in [0.3, 0.4) is 0 Å². The van der Waals surface area contributed by atoms with Gasteiger partial charge in [0, 0.05) is 18.1 Å². The molecule has 0 bridgehead atoms. The molecule has 0 radical (unpaired) electrons. The van der Waals surface area contributed by atoms with Gasteiger partial charge in [-0.25, -0.2) is 0 Å². The third-order valence-corrected chi connectivity index (χ3v) is 3.61. The number of hydrogen-bond donors (Lipinski definition) is 0. The maximum absolute atomic E-state index is 12.3. The van der Waals surface area contributed by atoms with Crippen LogP contribution < -0.4 is 4.74 Å². The van der Waals surface area contributed by atoms with Gasteiger partial charge in [0.05, 0.1) is 0 Å². The number of carbonyl (C=O) groups excluding carboxylic acids is 1. The van der Waals surface area contributed by atoms with E-state index in [1.54, 1.807) is 19.1 Å². The molecule has 104 valence electrons. The van der Waals surface area contributed by atoms with Crippen molar-refractivity contribution in [1.29, 1.82) is 0 Å². The van der Waals surface area contributed by atoms with E-state index in [1.807, 2.05) is 17.0 Å². The SMILES string of the molecule is C[C@H](Oc1cccc(Cl)c1)C(=O)N1CCCCCC1. The van der Waals surface area contributed by atoms with Crippen LogP contribution in [0.25, 0.3) is 0 Å². The summed E-state index contributed by atoms with van der Waals surface area (Å²) in [5, 5.41) is 0.618. The van der Waals surface area contributed by atoms with Crippen LogP contribution in [0.1, 0.15) is 32.6 Å². The summed E-state index contributed by atoms with van der Waals surface area (Å²) >= 11 is 5.90. The lowest BCUT2D eigenvalue weighted by atomic mass is 10.2. The molecule has 19 heavy (non-hydrogen) atoms. The van der Waals surface area contributed by atoms with Crippen molar-refractivity contribution in [3.05, 3.63) is 29.3 Å². The fraction of sp³-hybridized carbons (Fsp3) is 0.533. The van der Waals surface area contributed by atoms with E-state index in [2.05, 4.69) is 0 Å². The first kappa shape index (κ1) is 14.2. The molecule has 0 aromatic heterocycles. The average Bonchev–Trinajstić information content (AvgIpc) is 2.66. The maximum Gasteiger partial charge on any atom is 0.263 e. The lowest BCUT2D eigenvalue weighted by molar-refractivity contribution is -0.137. The molecule has 3 nitrogen and oxygen atoms in total. The molecule has 1 atom stereocenters. The number of halogens is 1. The Balaban J connectivity index is 1.94. The van der Waals surface area contributed by atoms with Crippen molar-refractivity contribution in [2.24, 2.45) is 0 Å². The van der Waals surface area contributed by atoms with Crippen molar-refractivity contribution in [3.8, 4) is 5.75 Å². The third-order valence-electron chi connectivity index (χ3n) is 3.37. The molecule has 1 saturated heterocycles. The number of likely N-dealkylation sites (tertiary alicyclic amines) is 1. The minimum Gasteiger partial charge on any atom is -0.481 e. The van der Waals surface area contributed by atoms with E-state index < -0.39 is 6.10 Å². The van der Waals surface area contributed by atoms with E-state index in [0.717, 1.165) is 25.9 Å². The van der Waals surface area contributed by atoms with Gasteiger partial charge in [0.15, 0.2) is 6.10 Å². The summed E-state index contributed by atoms with van der Waals surface area (Å²) in [7, 11) is 0. The zero-order chi connectivity index (χ0) is 13.7. The predicted octanol–water partition coefficient (Wildman–Crippen LogP) is 3.51. The van der Waals surface area contributed by atoms with Crippen molar-refractivity contribution in [3.63, 3.8) is 0 Å². The zero-order valence-electron chi connectivity index (χ0n) is 11.3. The van der Waals surface area contributed by atoms with Crippen molar-refractivity contribution >= 4 is 17.5 Å². The summed E-state index contributed by atoms with van der Waals surface area (Å²) in [6, 6.07) is 7.16. The smallest absolute Gasteiger partial charge is 0.263 e. The first-order chi connectivity index (χ1) is 9.16. The summed E-state index contributed by atoms with van der Waals surface area (Å²) in [6.07, 6.45) is 4.16. The van der Waals surface area contributed by atoms with Gasteiger partial charge in [-0.2, -0.15) is 0 Å². The van der Waals surface area contributed by atoms with Crippen LogP contribution in [0, 0.1) is 0 Å². The Morgan fingerprint density at radius 3 is 2.58 bits per heavy atom. The number of rotatable bonds is 3. The molecule has 0 N–H and O–H groups in total. The highest BCUT2D eigenvalue weighted by molar-refractivity contribution is 6.30. The molecule has 4 heteroatoms. The summed E-state index contributed by atoms with van der Waals surface area (Å²) in [5.41, 5.74) is 0. The van der Waals surface area contributed by atoms with Crippen molar-refractivity contribution in [1.82, 2.24) is 4.90 Å². The molecule has 1 aliphatic heterocycles. The number of nitrogens with zero attached hydrogens (tertiary/aromatic N) is 1. The van der Waals surface area contributed by atoms with E-state index >= 15 is 0 Å². The van der Waals surface area contributed by atoms with E-state index in [4.69, 9.17) is 16.3 Å². The maximum atomic E-state index is 12.3. The van der Waals surface area contributed by atoms with E-state index in [-0.39, 0.29) is 5.91 Å². The van der Waals surface area contributed by atoms with Crippen LogP contribution in [0.2, 0.25) is 5.02 Å². The fourth-order valence-electron chi connectivity index (χ4n) is 2.34. The highest BCUT2D eigenvalue weighted by Crippen LogP contribution is 2.19. The van der Waals surface area contributed by atoms with Crippen molar-refractivity contribution in [2.75, 3.05) is 13.1 Å². The Labute approximate surface area is 119 Å². The van der Waals surface area contributed by atoms with E-state index in [9.17, 15) is 4.79 Å². The highest BCUT2D eigenvalue weighted by Gasteiger charge is 2.22. The van der Waals surface area contributed by atoms with E-state index in [1.165, 1.54) is 12.8 Å². The minimum absolute atomic E-state index is 0.0712. The fourth-order valence-corrected chi connectivity index (χ4v) is 2.52. The van der Waals surface area contributed by atoms with Crippen LogP contribution >= 0.6 is 11.6 Å². The molecule has 0 unspecified atom stereocenters. The van der Waals surface area contributed by atoms with Gasteiger partial charge >= 0.3 is 0 Å². The zero-order valence-corrected chi connectivity index (χ0v) is 12.0. The normalized spacial score (nSPS) is 17.7. The molecule has 1 heterocycles. The third kappa shape index (κ3) is 4.13. The van der Waals surface area contributed by atoms with E-state index in [0.29, 0.717) is 10.8 Å². The van der Waals surface area contributed by atoms with Crippen molar-refractivity contribution in [2.45, 2.75) is 38.7 Å². The Hall–Kier alpha value is -1.22. The molecule has 1 amide bonds. The summed E-state index contributed by atoms with van der Waals surface area (Å²) in [4.78, 5) is 14.2. The van der Waals surface area contributed by atoms with Gasteiger partial charge in [0.2, 0.25) is 0 Å². The number of amides is 1. The molecule has 0 spiro atoms. The van der Waals surface area contributed by atoms with Crippen LogP contribution in [-0.2, 0) is 4.79 Å². The van der Waals surface area contributed by atoms with Gasteiger partial charge in [-0.1, -0.05) is 30.5 Å². The molecule has 2 rings (SSSR count). The second kappa shape index (κ2) is 6.80. The molecule has 1 aliphatic rings. The molecule has 1 fully saturated rings. The minimum atomic E-state index is -0.462. The van der Waals surface area contributed by atoms with Crippen molar-refractivity contribution < 1.29 is 9.53 Å². The lowest BCUT2D eigenvalue weighted by Crippen LogP contribution is -2.40. The van der Waals surface area contributed by atoms with Gasteiger partial charge in [0.1, 0.15) is 5.75 Å². The Morgan fingerprint density at radius 2 is 1.95 bits per heavy atom. The molecule has 0 aliphatic carbocycles. The Bertz CT molecular complexity index is 428. The standard InChI is InChI=1S/C15H20ClNO2/c1-12(19-14-8-6-7-13(16)11-14)15(18)17-9-4-2-3-5-10-17/h6-8,11-12H,2-5,9-10H2,1H3/t12-/m0/s1. The molecule has 1 aromatic rings. The van der Waals surface area contributed by atoms with Gasteiger partial charge < -0.3 is 9.64 Å². The predicted molar refractivity (Wildman–Crippen MR) is 76.6 cm³/mol. The van der Waals surface area contributed by atoms with Crippen LogP contribution in [0.4, 0.5) is 0 Å². The largest absolute Gasteiger partial charge is 0.481 e. The molecular formula is C15H20ClNO2. The van der Waals surface area contributed by atoms with Gasteiger partial charge in [-0.05, 0) is 38.0 Å². The first-order valence-electron chi connectivity index (χ1n) is 6.88. The number of ether oxygens (including phenoxy) is 1. The van der Waals surface area contributed by atoms with Crippen LogP contribution in [0.5, 0.6) is 5.75 Å². The quantitative estimate of drug-likeness (QED) is 0.848. The monoisotopic (exact) mass is 281 g/mol. The second-order valence-corrected chi connectivity index (χ2v) is 5.39. The number of hydrogen-bond acceptors (Lipinski definition) is 2.